The summed E-state index contributed by atoms with van der Waals surface area (Å²) in [6, 6.07) is 0. The van der Waals surface area contributed by atoms with Crippen molar-refractivity contribution in [2.75, 3.05) is 13.2 Å². The minimum absolute atomic E-state index is 0.0489. The zero-order chi connectivity index (χ0) is 14.1. The zero-order valence-electron chi connectivity index (χ0n) is 9.95. The lowest BCUT2D eigenvalue weighted by atomic mass is 10.0. The summed E-state index contributed by atoms with van der Waals surface area (Å²) in [7, 11) is 0. The molecule has 8 heteroatoms. The number of hydrogen-bond acceptors (Lipinski definition) is 7. The van der Waals surface area contributed by atoms with Gasteiger partial charge in [-0.2, -0.15) is 0 Å². The summed E-state index contributed by atoms with van der Waals surface area (Å²) in [5.41, 5.74) is 0. The van der Waals surface area contributed by atoms with Crippen molar-refractivity contribution in [3.63, 3.8) is 0 Å². The molecule has 0 heterocycles. The lowest BCUT2D eigenvalue weighted by Crippen LogP contribution is -2.43. The summed E-state index contributed by atoms with van der Waals surface area (Å²) in [6.45, 7) is 2.70. The van der Waals surface area contributed by atoms with E-state index in [-0.39, 0.29) is 19.7 Å². The van der Waals surface area contributed by atoms with Gasteiger partial charge in [-0.15, -0.1) is 0 Å². The van der Waals surface area contributed by atoms with Crippen LogP contribution in [-0.2, 0) is 33.4 Å². The van der Waals surface area contributed by atoms with Gasteiger partial charge in [-0.25, -0.2) is 4.79 Å². The SMILES string of the molecule is CCOC(=O)[C@H](C(=O)O)[C@@H](OC=O)C(=O)OCC. The fraction of sp³-hybridized carbons (Fsp3) is 0.600. The molecule has 18 heavy (non-hydrogen) atoms. The maximum atomic E-state index is 11.4. The number of carbonyl (C=O) groups is 4. The number of ether oxygens (including phenoxy) is 3. The largest absolute Gasteiger partial charge is 0.480 e. The molecule has 0 aliphatic rings. The molecule has 0 aromatic carbocycles. The average Bonchev–Trinajstić information content (AvgIpc) is 2.28. The fourth-order valence-electron chi connectivity index (χ4n) is 1.14. The molecule has 0 saturated carbocycles. The highest BCUT2D eigenvalue weighted by Crippen LogP contribution is 2.13. The third kappa shape index (κ3) is 4.40. The Balaban J connectivity index is 5.09. The van der Waals surface area contributed by atoms with Gasteiger partial charge in [-0.05, 0) is 13.8 Å². The van der Waals surface area contributed by atoms with Crippen molar-refractivity contribution < 1.29 is 38.5 Å². The first kappa shape index (κ1) is 15.9. The van der Waals surface area contributed by atoms with Crippen molar-refractivity contribution in [1.29, 1.82) is 0 Å². The molecule has 0 bridgehead atoms. The molecule has 0 aromatic rings. The number of carboxylic acid groups (broad SMARTS) is 1. The maximum Gasteiger partial charge on any atom is 0.349 e. The van der Waals surface area contributed by atoms with Crippen molar-refractivity contribution in [1.82, 2.24) is 0 Å². The molecule has 0 spiro atoms. The van der Waals surface area contributed by atoms with Gasteiger partial charge in [0.1, 0.15) is 0 Å². The monoisotopic (exact) mass is 262 g/mol. The van der Waals surface area contributed by atoms with Crippen LogP contribution in [0.25, 0.3) is 0 Å². The van der Waals surface area contributed by atoms with E-state index in [0.29, 0.717) is 0 Å². The molecule has 0 saturated heterocycles. The molecule has 1 N–H and O–H groups in total. The first-order valence-corrected chi connectivity index (χ1v) is 5.14. The average molecular weight is 262 g/mol. The molecule has 0 aliphatic carbocycles. The van der Waals surface area contributed by atoms with Crippen molar-refractivity contribution in [3.05, 3.63) is 0 Å². The second kappa shape index (κ2) is 8.04. The first-order valence-electron chi connectivity index (χ1n) is 5.14. The number of carboxylic acids is 1. The second-order valence-electron chi connectivity index (χ2n) is 2.97. The Bertz CT molecular complexity index is 324. The number of aliphatic carboxylic acids is 1. The predicted octanol–water partition coefficient (Wildman–Crippen LogP) is -0.645. The first-order chi connectivity index (χ1) is 8.49. The number of rotatable bonds is 8. The van der Waals surface area contributed by atoms with Crippen LogP contribution in [0, 0.1) is 5.92 Å². The van der Waals surface area contributed by atoms with Crippen molar-refractivity contribution in [2.24, 2.45) is 5.92 Å². The van der Waals surface area contributed by atoms with E-state index < -0.39 is 29.9 Å². The quantitative estimate of drug-likeness (QED) is 0.265. The predicted molar refractivity (Wildman–Crippen MR) is 55.3 cm³/mol. The summed E-state index contributed by atoms with van der Waals surface area (Å²) < 4.78 is 13.3. The molecule has 0 radical (unpaired) electrons. The highest BCUT2D eigenvalue weighted by molar-refractivity contribution is 5.99. The van der Waals surface area contributed by atoms with Gasteiger partial charge in [0, 0.05) is 0 Å². The maximum absolute atomic E-state index is 11.4. The van der Waals surface area contributed by atoms with Crippen molar-refractivity contribution in [2.45, 2.75) is 20.0 Å². The van der Waals surface area contributed by atoms with Gasteiger partial charge >= 0.3 is 17.9 Å². The van der Waals surface area contributed by atoms with Gasteiger partial charge in [0.15, 0.2) is 0 Å². The Hall–Kier alpha value is -2.12. The minimum Gasteiger partial charge on any atom is -0.480 e. The van der Waals surface area contributed by atoms with Crippen LogP contribution in [0.4, 0.5) is 0 Å². The van der Waals surface area contributed by atoms with Crippen LogP contribution in [0.2, 0.25) is 0 Å². The third-order valence-electron chi connectivity index (χ3n) is 1.83. The van der Waals surface area contributed by atoms with Crippen LogP contribution in [0.1, 0.15) is 13.8 Å². The Labute approximate surface area is 103 Å². The van der Waals surface area contributed by atoms with E-state index in [1.807, 2.05) is 0 Å². The van der Waals surface area contributed by atoms with Crippen molar-refractivity contribution >= 4 is 24.4 Å². The summed E-state index contributed by atoms with van der Waals surface area (Å²) in [5.74, 6) is -5.89. The van der Waals surface area contributed by atoms with Gasteiger partial charge in [0.25, 0.3) is 6.47 Å². The lowest BCUT2D eigenvalue weighted by molar-refractivity contribution is -0.178. The topological polar surface area (TPSA) is 116 Å². The number of hydrogen-bond donors (Lipinski definition) is 1. The van der Waals surface area contributed by atoms with E-state index in [9.17, 15) is 19.2 Å². The Morgan fingerprint density at radius 3 is 2.00 bits per heavy atom. The van der Waals surface area contributed by atoms with Crippen LogP contribution >= 0.6 is 0 Å². The highest BCUT2D eigenvalue weighted by Gasteiger charge is 2.43. The van der Waals surface area contributed by atoms with Crippen LogP contribution in [0.3, 0.4) is 0 Å². The highest BCUT2D eigenvalue weighted by atomic mass is 16.6. The Morgan fingerprint density at radius 1 is 1.11 bits per heavy atom. The smallest absolute Gasteiger partial charge is 0.349 e. The Kier molecular flexibility index (Phi) is 7.10. The molecule has 0 aromatic heterocycles. The molecule has 0 amide bonds. The number of carbonyl (C=O) groups excluding carboxylic acids is 3. The summed E-state index contributed by atoms with van der Waals surface area (Å²) in [6.07, 6.45) is -1.86. The van der Waals surface area contributed by atoms with E-state index in [4.69, 9.17) is 5.11 Å². The van der Waals surface area contributed by atoms with E-state index in [1.54, 1.807) is 0 Å². The molecule has 102 valence electrons. The molecule has 0 fully saturated rings. The van der Waals surface area contributed by atoms with Crippen LogP contribution in [0.15, 0.2) is 0 Å². The minimum atomic E-state index is -1.95. The molecule has 2 atom stereocenters. The van der Waals surface area contributed by atoms with E-state index >= 15 is 0 Å². The van der Waals surface area contributed by atoms with Crippen LogP contribution in [-0.4, -0.2) is 48.8 Å². The molecular formula is C10H14O8. The van der Waals surface area contributed by atoms with Gasteiger partial charge in [0.2, 0.25) is 12.0 Å². The van der Waals surface area contributed by atoms with E-state index in [1.165, 1.54) is 13.8 Å². The van der Waals surface area contributed by atoms with E-state index in [0.717, 1.165) is 0 Å². The second-order valence-corrected chi connectivity index (χ2v) is 2.97. The molecule has 0 aliphatic heterocycles. The summed E-state index contributed by atoms with van der Waals surface area (Å²) in [5, 5.41) is 8.88. The molecule has 8 nitrogen and oxygen atoms in total. The Morgan fingerprint density at radius 2 is 1.61 bits per heavy atom. The van der Waals surface area contributed by atoms with Gasteiger partial charge in [-0.1, -0.05) is 0 Å². The van der Waals surface area contributed by atoms with Gasteiger partial charge in [0.05, 0.1) is 13.2 Å². The zero-order valence-corrected chi connectivity index (χ0v) is 9.95. The third-order valence-corrected chi connectivity index (χ3v) is 1.83. The molecular weight excluding hydrogens is 248 g/mol. The van der Waals surface area contributed by atoms with Gasteiger partial charge < -0.3 is 19.3 Å². The summed E-state index contributed by atoms with van der Waals surface area (Å²) in [4.78, 5) is 44.0. The number of esters is 2. The fourth-order valence-corrected chi connectivity index (χ4v) is 1.14. The molecule has 0 unspecified atom stereocenters. The molecule has 0 rings (SSSR count). The van der Waals surface area contributed by atoms with Crippen LogP contribution < -0.4 is 0 Å². The normalized spacial score (nSPS) is 13.0. The van der Waals surface area contributed by atoms with Crippen molar-refractivity contribution in [3.8, 4) is 0 Å². The standard InChI is InChI=1S/C10H14O8/c1-3-16-9(14)6(8(12)13)7(18-5-11)10(15)17-4-2/h5-7H,3-4H2,1-2H3,(H,12,13)/t6-,7+/m0/s1. The summed E-state index contributed by atoms with van der Waals surface area (Å²) >= 11 is 0. The van der Waals surface area contributed by atoms with Gasteiger partial charge in [-0.3, -0.25) is 14.4 Å². The van der Waals surface area contributed by atoms with E-state index in [2.05, 4.69) is 14.2 Å². The lowest BCUT2D eigenvalue weighted by Gasteiger charge is -2.19. The van der Waals surface area contributed by atoms with Crippen LogP contribution in [0.5, 0.6) is 0 Å².